The lowest BCUT2D eigenvalue weighted by Gasteiger charge is -2.16. The minimum atomic E-state index is -0.801. The highest BCUT2D eigenvalue weighted by Crippen LogP contribution is 2.47. The average Bonchev–Trinajstić information content (AvgIpc) is 3.73. The molecule has 0 spiro atoms. The summed E-state index contributed by atoms with van der Waals surface area (Å²) in [6.45, 7) is 0. The van der Waals surface area contributed by atoms with Gasteiger partial charge in [-0.25, -0.2) is 9.88 Å². The standard InChI is InChI=1S/C29H20BrN5O3S/c30-22-4-2-1-3-16(22)9-12-23(36)17-7-10-19(11-8-17)35-25(37)13-24(29(35)38)39-28-21(15-32)26(18-5-6-18)20(14-31)27(33)34-28/h1-4,7-12,18,24H,5-6,13H2,(H2,33,34)/b12-9+/t24-/m0/s1. The number of anilines is 2. The second-order valence-electron chi connectivity index (χ2n) is 9.11. The Morgan fingerprint density at radius 1 is 1.08 bits per heavy atom. The van der Waals surface area contributed by atoms with Gasteiger partial charge in [0.25, 0.3) is 0 Å². The van der Waals surface area contributed by atoms with Crippen LogP contribution in [0.25, 0.3) is 6.08 Å². The molecule has 2 heterocycles. The highest BCUT2D eigenvalue weighted by Gasteiger charge is 2.42. The lowest BCUT2D eigenvalue weighted by molar-refractivity contribution is -0.121. The topological polar surface area (TPSA) is 141 Å². The molecule has 1 saturated heterocycles. The third-order valence-corrected chi connectivity index (χ3v) is 8.42. The highest BCUT2D eigenvalue weighted by molar-refractivity contribution is 9.10. The van der Waals surface area contributed by atoms with Gasteiger partial charge in [-0.05, 0) is 72.4 Å². The molecule has 0 radical (unpaired) electrons. The maximum absolute atomic E-state index is 13.3. The van der Waals surface area contributed by atoms with Gasteiger partial charge in [-0.1, -0.05) is 45.9 Å². The molecule has 1 aromatic heterocycles. The fourth-order valence-corrected chi connectivity index (χ4v) is 5.98. The van der Waals surface area contributed by atoms with E-state index in [1.54, 1.807) is 30.3 Å². The van der Waals surface area contributed by atoms with E-state index >= 15 is 0 Å². The fourth-order valence-electron chi connectivity index (χ4n) is 4.44. The summed E-state index contributed by atoms with van der Waals surface area (Å²) in [6, 6.07) is 18.0. The largest absolute Gasteiger partial charge is 0.383 e. The molecule has 1 saturated carbocycles. The van der Waals surface area contributed by atoms with E-state index in [1.807, 2.05) is 30.3 Å². The molecule has 2 fully saturated rings. The number of imide groups is 1. The lowest BCUT2D eigenvalue weighted by Crippen LogP contribution is -2.31. The summed E-state index contributed by atoms with van der Waals surface area (Å²) in [4.78, 5) is 44.1. The van der Waals surface area contributed by atoms with Crippen LogP contribution in [-0.4, -0.2) is 27.8 Å². The van der Waals surface area contributed by atoms with E-state index in [4.69, 9.17) is 5.73 Å². The summed E-state index contributed by atoms with van der Waals surface area (Å²) < 4.78 is 0.868. The monoisotopic (exact) mass is 597 g/mol. The average molecular weight is 598 g/mol. The molecule has 1 atom stereocenters. The Labute approximate surface area is 237 Å². The van der Waals surface area contributed by atoms with Crippen molar-refractivity contribution in [3.63, 3.8) is 0 Å². The number of nitriles is 2. The molecule has 2 N–H and O–H groups in total. The molecule has 10 heteroatoms. The number of pyridine rings is 1. The van der Waals surface area contributed by atoms with Crippen molar-refractivity contribution < 1.29 is 14.4 Å². The number of hydrogen-bond donors (Lipinski definition) is 1. The van der Waals surface area contributed by atoms with Crippen LogP contribution in [0.1, 0.15) is 57.8 Å². The summed E-state index contributed by atoms with van der Waals surface area (Å²) in [5, 5.41) is 18.8. The molecule has 2 amide bonds. The number of nitrogen functional groups attached to an aromatic ring is 1. The van der Waals surface area contributed by atoms with Gasteiger partial charge < -0.3 is 5.73 Å². The first kappa shape index (κ1) is 26.4. The van der Waals surface area contributed by atoms with Gasteiger partial charge in [-0.3, -0.25) is 14.4 Å². The molecule has 39 heavy (non-hydrogen) atoms. The third-order valence-electron chi connectivity index (χ3n) is 6.53. The van der Waals surface area contributed by atoms with Gasteiger partial charge >= 0.3 is 0 Å². The van der Waals surface area contributed by atoms with Crippen LogP contribution in [0.15, 0.2) is 64.1 Å². The second-order valence-corrected chi connectivity index (χ2v) is 11.2. The van der Waals surface area contributed by atoms with Crippen molar-refractivity contribution in [1.82, 2.24) is 4.98 Å². The van der Waals surface area contributed by atoms with E-state index in [1.165, 1.54) is 6.08 Å². The SMILES string of the molecule is N#Cc1c(N)nc(S[C@H]2CC(=O)N(c3ccc(C(=O)/C=C/c4ccccc4Br)cc3)C2=O)c(C#N)c1C1CC1. The Hall–Kier alpha value is -4.25. The van der Waals surface area contributed by atoms with Crippen LogP contribution in [0.3, 0.4) is 0 Å². The molecule has 192 valence electrons. The van der Waals surface area contributed by atoms with E-state index in [0.29, 0.717) is 16.8 Å². The number of nitrogens with zero attached hydrogens (tertiary/aromatic N) is 4. The Kier molecular flexibility index (Phi) is 7.34. The van der Waals surface area contributed by atoms with Gasteiger partial charge in [0, 0.05) is 16.5 Å². The van der Waals surface area contributed by atoms with E-state index in [0.717, 1.165) is 39.5 Å². The molecule has 2 aromatic carbocycles. The van der Waals surface area contributed by atoms with Crippen LogP contribution < -0.4 is 10.6 Å². The number of benzene rings is 2. The first-order valence-electron chi connectivity index (χ1n) is 12.1. The summed E-state index contributed by atoms with van der Waals surface area (Å²) in [5.41, 5.74) is 8.68. The zero-order chi connectivity index (χ0) is 27.7. The van der Waals surface area contributed by atoms with Gasteiger partial charge in [0.05, 0.1) is 22.1 Å². The Balaban J connectivity index is 1.34. The molecule has 0 bridgehead atoms. The lowest BCUT2D eigenvalue weighted by atomic mass is 10.0. The number of ketones is 1. The number of nitrogens with two attached hydrogens (primary N) is 1. The quantitative estimate of drug-likeness (QED) is 0.218. The van der Waals surface area contributed by atoms with E-state index < -0.39 is 17.1 Å². The fraction of sp³-hybridized carbons (Fsp3) is 0.172. The number of aromatic nitrogens is 1. The van der Waals surface area contributed by atoms with Gasteiger partial charge in [-0.15, -0.1) is 0 Å². The number of thioether (sulfide) groups is 1. The summed E-state index contributed by atoms with van der Waals surface area (Å²) in [7, 11) is 0. The van der Waals surface area contributed by atoms with Crippen LogP contribution in [0.5, 0.6) is 0 Å². The first-order chi connectivity index (χ1) is 18.8. The molecule has 1 aliphatic carbocycles. The number of halogens is 1. The van der Waals surface area contributed by atoms with Crippen LogP contribution in [-0.2, 0) is 9.59 Å². The van der Waals surface area contributed by atoms with Crippen molar-refractivity contribution in [1.29, 1.82) is 10.5 Å². The van der Waals surface area contributed by atoms with Crippen LogP contribution in [0.2, 0.25) is 0 Å². The highest BCUT2D eigenvalue weighted by atomic mass is 79.9. The summed E-state index contributed by atoms with van der Waals surface area (Å²) in [5.74, 6) is -0.970. The van der Waals surface area contributed by atoms with E-state index in [2.05, 4.69) is 27.0 Å². The van der Waals surface area contributed by atoms with Gasteiger partial charge in [0.2, 0.25) is 11.8 Å². The smallest absolute Gasteiger partial charge is 0.247 e. The maximum atomic E-state index is 13.3. The number of carbonyl (C=O) groups excluding carboxylic acids is 3. The molecular weight excluding hydrogens is 578 g/mol. The summed E-state index contributed by atoms with van der Waals surface area (Å²) >= 11 is 4.46. The summed E-state index contributed by atoms with van der Waals surface area (Å²) in [6.07, 6.45) is 4.80. The van der Waals surface area contributed by atoms with Crippen LogP contribution in [0, 0.1) is 22.7 Å². The minimum Gasteiger partial charge on any atom is -0.383 e. The van der Waals surface area contributed by atoms with Gasteiger partial charge in [-0.2, -0.15) is 10.5 Å². The van der Waals surface area contributed by atoms with E-state index in [-0.39, 0.29) is 40.1 Å². The molecular formula is C29H20BrN5O3S. The zero-order valence-corrected chi connectivity index (χ0v) is 22.8. The van der Waals surface area contributed by atoms with Crippen molar-refractivity contribution in [3.8, 4) is 12.1 Å². The van der Waals surface area contributed by atoms with Crippen molar-refractivity contribution in [2.24, 2.45) is 0 Å². The van der Waals surface area contributed by atoms with Gasteiger partial charge in [0.15, 0.2) is 5.78 Å². The van der Waals surface area contributed by atoms with Crippen molar-refractivity contribution >= 4 is 62.9 Å². The number of hydrogen-bond acceptors (Lipinski definition) is 8. The van der Waals surface area contributed by atoms with Gasteiger partial charge in [0.1, 0.15) is 23.0 Å². The number of amides is 2. The second kappa shape index (κ2) is 10.9. The normalized spacial score (nSPS) is 16.9. The third kappa shape index (κ3) is 5.22. The maximum Gasteiger partial charge on any atom is 0.247 e. The van der Waals surface area contributed by atoms with Crippen LogP contribution >= 0.6 is 27.7 Å². The molecule has 0 unspecified atom stereocenters. The predicted octanol–water partition coefficient (Wildman–Crippen LogP) is 5.37. The van der Waals surface area contributed by atoms with Crippen molar-refractivity contribution in [3.05, 3.63) is 86.9 Å². The molecule has 2 aliphatic rings. The Morgan fingerprint density at radius 2 is 1.77 bits per heavy atom. The molecule has 3 aromatic rings. The molecule has 1 aliphatic heterocycles. The van der Waals surface area contributed by atoms with Crippen LogP contribution in [0.4, 0.5) is 11.5 Å². The zero-order valence-electron chi connectivity index (χ0n) is 20.4. The Bertz CT molecular complexity index is 1630. The predicted molar refractivity (Wildman–Crippen MR) is 151 cm³/mol. The Morgan fingerprint density at radius 3 is 2.41 bits per heavy atom. The number of rotatable bonds is 7. The van der Waals surface area contributed by atoms with Crippen molar-refractivity contribution in [2.45, 2.75) is 35.5 Å². The van der Waals surface area contributed by atoms with E-state index in [9.17, 15) is 24.9 Å². The number of carbonyl (C=O) groups is 3. The molecule has 5 rings (SSSR count). The first-order valence-corrected chi connectivity index (χ1v) is 13.7. The van der Waals surface area contributed by atoms with Crippen molar-refractivity contribution in [2.75, 3.05) is 10.6 Å². The number of allylic oxidation sites excluding steroid dienone is 1. The minimum absolute atomic E-state index is 0.0171. The molecule has 8 nitrogen and oxygen atoms in total.